The summed E-state index contributed by atoms with van der Waals surface area (Å²) in [4.78, 5) is 33.3. The number of Topliss-reactive ketones (excluding diaryl/α,β-unsaturated/α-hetero) is 1. The minimum atomic E-state index is 0.0861. The van der Waals surface area contributed by atoms with Crippen LogP contribution in [0.2, 0.25) is 5.02 Å². The quantitative estimate of drug-likeness (QED) is 0.161. The highest BCUT2D eigenvalue weighted by molar-refractivity contribution is 7.20. The van der Waals surface area contributed by atoms with E-state index in [2.05, 4.69) is 28.8 Å². The van der Waals surface area contributed by atoms with E-state index in [1.54, 1.807) is 18.3 Å². The van der Waals surface area contributed by atoms with Crippen LogP contribution < -0.4 is 9.64 Å². The van der Waals surface area contributed by atoms with Crippen LogP contribution in [0.25, 0.3) is 32.9 Å². The van der Waals surface area contributed by atoms with Crippen molar-refractivity contribution in [3.8, 4) is 28.3 Å². The molecule has 1 aliphatic heterocycles. The van der Waals surface area contributed by atoms with Crippen molar-refractivity contribution in [2.45, 2.75) is 64.5 Å². The predicted octanol–water partition coefficient (Wildman–Crippen LogP) is 9.50. The van der Waals surface area contributed by atoms with Crippen LogP contribution in [0, 0.1) is 0 Å². The Kier molecular flexibility index (Phi) is 8.00. The van der Waals surface area contributed by atoms with Crippen molar-refractivity contribution in [3.63, 3.8) is 0 Å². The van der Waals surface area contributed by atoms with Crippen molar-refractivity contribution in [2.24, 2.45) is 0 Å². The van der Waals surface area contributed by atoms with Gasteiger partial charge in [0.25, 0.3) is 0 Å². The number of hydrogen-bond donors (Lipinski definition) is 0. The molecule has 0 radical (unpaired) electrons. The molecule has 3 heterocycles. The number of anilines is 1. The van der Waals surface area contributed by atoms with Gasteiger partial charge in [0.05, 0.1) is 4.88 Å². The topological polar surface area (TPSA) is 64.4 Å². The zero-order chi connectivity index (χ0) is 30.2. The van der Waals surface area contributed by atoms with Gasteiger partial charge in [-0.2, -0.15) is 0 Å². The first kappa shape index (κ1) is 28.8. The molecule has 1 aliphatic carbocycles. The number of fused-ring (bicyclic) bond motifs is 1. The number of halogens is 1. The Balaban J connectivity index is 1.17. The molecule has 8 heteroatoms. The molecule has 1 amide bonds. The first-order valence-corrected chi connectivity index (χ1v) is 16.6. The molecule has 224 valence electrons. The molecular weight excluding hydrogens is 590 g/mol. The number of hydrogen-bond acceptors (Lipinski definition) is 5. The smallest absolute Gasteiger partial charge is 0.227 e. The van der Waals surface area contributed by atoms with Gasteiger partial charge in [-0.15, -0.1) is 11.3 Å². The summed E-state index contributed by atoms with van der Waals surface area (Å²) in [6.45, 7) is 2.72. The highest BCUT2D eigenvalue weighted by Gasteiger charge is 2.25. The van der Waals surface area contributed by atoms with Crippen molar-refractivity contribution in [1.82, 2.24) is 9.55 Å². The summed E-state index contributed by atoms with van der Waals surface area (Å²) in [5, 5.41) is 0.689. The van der Waals surface area contributed by atoms with Gasteiger partial charge in [0.1, 0.15) is 28.5 Å². The van der Waals surface area contributed by atoms with E-state index in [0.717, 1.165) is 80.5 Å². The lowest BCUT2D eigenvalue weighted by molar-refractivity contribution is -0.117. The van der Waals surface area contributed by atoms with Crippen molar-refractivity contribution in [2.75, 3.05) is 11.4 Å². The Bertz CT molecular complexity index is 1840. The summed E-state index contributed by atoms with van der Waals surface area (Å²) in [6.07, 6.45) is 7.43. The number of imidazole rings is 1. The third-order valence-electron chi connectivity index (χ3n) is 8.79. The van der Waals surface area contributed by atoms with Gasteiger partial charge in [-0.25, -0.2) is 4.98 Å². The first-order valence-electron chi connectivity index (χ1n) is 15.4. The van der Waals surface area contributed by atoms with E-state index in [0.29, 0.717) is 24.1 Å². The van der Waals surface area contributed by atoms with Crippen molar-refractivity contribution < 1.29 is 14.3 Å². The zero-order valence-electron chi connectivity index (χ0n) is 24.7. The molecule has 6 nitrogen and oxygen atoms in total. The lowest BCUT2D eigenvalue weighted by atomic mass is 9.95. The average Bonchev–Trinajstić information content (AvgIpc) is 3.76. The Morgan fingerprint density at radius 3 is 2.41 bits per heavy atom. The molecule has 0 N–H and O–H groups in total. The summed E-state index contributed by atoms with van der Waals surface area (Å²) in [6, 6.07) is 24.4. The largest absolute Gasteiger partial charge is 0.489 e. The van der Waals surface area contributed by atoms with Crippen LogP contribution in [0.4, 0.5) is 5.69 Å². The molecule has 2 aliphatic rings. The van der Waals surface area contributed by atoms with Crippen LogP contribution in [0.5, 0.6) is 5.75 Å². The van der Waals surface area contributed by atoms with E-state index in [1.165, 1.54) is 19.3 Å². The maximum absolute atomic E-state index is 12.5. The minimum Gasteiger partial charge on any atom is -0.489 e. The highest BCUT2D eigenvalue weighted by Crippen LogP contribution is 2.39. The molecular formula is C36H34ClN3O3S. The molecule has 0 bridgehead atoms. The molecule has 2 fully saturated rings. The van der Waals surface area contributed by atoms with Crippen LogP contribution in [0.1, 0.15) is 73.1 Å². The van der Waals surface area contributed by atoms with Crippen LogP contribution in [0.3, 0.4) is 0 Å². The lowest BCUT2D eigenvalue weighted by Gasteiger charge is -2.25. The Hall–Kier alpha value is -3.94. The van der Waals surface area contributed by atoms with Gasteiger partial charge in [0.2, 0.25) is 5.91 Å². The molecule has 7 rings (SSSR count). The van der Waals surface area contributed by atoms with E-state index in [4.69, 9.17) is 21.3 Å². The molecule has 3 aromatic carbocycles. The summed E-state index contributed by atoms with van der Waals surface area (Å²) in [5.74, 6) is 1.96. The standard InChI is InChI=1S/C36H34ClN3O3S/c1-23(41)33-21-32-36(44-33)40(28-6-3-2-4-7-28)35(38-32)25-11-16-30(17-12-25)43-22-26-20-29(39-19-5-8-34(39)42)15-18-31(26)24-9-13-27(37)14-10-24/h9-18,20-21,28H,2-8,19,22H2,1H3. The number of benzene rings is 3. The summed E-state index contributed by atoms with van der Waals surface area (Å²) >= 11 is 7.72. The molecule has 5 aromatic rings. The first-order chi connectivity index (χ1) is 21.4. The van der Waals surface area contributed by atoms with E-state index >= 15 is 0 Å². The van der Waals surface area contributed by atoms with Gasteiger partial charge in [0.15, 0.2) is 5.78 Å². The number of nitrogens with zero attached hydrogens (tertiary/aromatic N) is 3. The van der Waals surface area contributed by atoms with Gasteiger partial charge >= 0.3 is 0 Å². The fourth-order valence-electron chi connectivity index (χ4n) is 6.50. The summed E-state index contributed by atoms with van der Waals surface area (Å²) < 4.78 is 8.73. The Morgan fingerprint density at radius 2 is 1.70 bits per heavy atom. The highest BCUT2D eigenvalue weighted by atomic mass is 35.5. The molecule has 0 unspecified atom stereocenters. The second-order valence-electron chi connectivity index (χ2n) is 11.8. The fraction of sp³-hybridized carbons (Fsp3) is 0.306. The van der Waals surface area contributed by atoms with Crippen LogP contribution in [0.15, 0.2) is 72.8 Å². The predicted molar refractivity (Wildman–Crippen MR) is 178 cm³/mol. The number of amides is 1. The average molecular weight is 624 g/mol. The summed E-state index contributed by atoms with van der Waals surface area (Å²) in [5.41, 5.74) is 5.93. The summed E-state index contributed by atoms with van der Waals surface area (Å²) in [7, 11) is 0. The third-order valence-corrected chi connectivity index (χ3v) is 10.3. The van der Waals surface area contributed by atoms with Gasteiger partial charge in [-0.05, 0) is 97.5 Å². The molecule has 44 heavy (non-hydrogen) atoms. The number of carbonyl (C=O) groups excluding carboxylic acids is 2. The fourth-order valence-corrected chi connectivity index (χ4v) is 7.70. The number of thiophene rings is 1. The van der Waals surface area contributed by atoms with Gasteiger partial charge in [0, 0.05) is 35.3 Å². The third kappa shape index (κ3) is 5.66. The van der Waals surface area contributed by atoms with Gasteiger partial charge < -0.3 is 14.2 Å². The van der Waals surface area contributed by atoms with E-state index in [9.17, 15) is 9.59 Å². The lowest BCUT2D eigenvalue weighted by Crippen LogP contribution is -2.23. The van der Waals surface area contributed by atoms with Crippen LogP contribution in [-0.2, 0) is 11.4 Å². The van der Waals surface area contributed by atoms with Gasteiger partial charge in [-0.3, -0.25) is 9.59 Å². The number of ether oxygens (including phenoxy) is 1. The number of aromatic nitrogens is 2. The SMILES string of the molecule is CC(=O)c1cc2nc(-c3ccc(OCc4cc(N5CCCC5=O)ccc4-c4ccc(Cl)cc4)cc3)n(C3CCCCC3)c2s1. The maximum atomic E-state index is 12.5. The van der Waals surface area contributed by atoms with Crippen molar-refractivity contribution in [1.29, 1.82) is 0 Å². The Morgan fingerprint density at radius 1 is 0.955 bits per heavy atom. The normalized spacial score (nSPS) is 15.8. The molecule has 2 aromatic heterocycles. The molecule has 1 saturated carbocycles. The van der Waals surface area contributed by atoms with E-state index in [-0.39, 0.29) is 11.7 Å². The number of carbonyl (C=O) groups is 2. The van der Waals surface area contributed by atoms with E-state index < -0.39 is 0 Å². The minimum absolute atomic E-state index is 0.0861. The Labute approximate surface area is 266 Å². The maximum Gasteiger partial charge on any atom is 0.227 e. The molecule has 1 saturated heterocycles. The zero-order valence-corrected chi connectivity index (χ0v) is 26.3. The molecule has 0 atom stereocenters. The second kappa shape index (κ2) is 12.2. The van der Waals surface area contributed by atoms with Crippen molar-refractivity contribution >= 4 is 50.7 Å². The van der Waals surface area contributed by atoms with Crippen LogP contribution >= 0.6 is 22.9 Å². The second-order valence-corrected chi connectivity index (χ2v) is 13.2. The van der Waals surface area contributed by atoms with Crippen LogP contribution in [-0.4, -0.2) is 27.8 Å². The van der Waals surface area contributed by atoms with Crippen molar-refractivity contribution in [3.05, 3.63) is 88.3 Å². The van der Waals surface area contributed by atoms with Gasteiger partial charge in [-0.1, -0.05) is 49.1 Å². The number of rotatable bonds is 8. The molecule has 0 spiro atoms. The van der Waals surface area contributed by atoms with E-state index in [1.807, 2.05) is 53.4 Å². The monoisotopic (exact) mass is 623 g/mol. The number of ketones is 1.